The molecular weight excluding hydrogens is 156 g/mol. The van der Waals surface area contributed by atoms with E-state index in [2.05, 4.69) is 20.5 Å². The molecule has 0 bridgehead atoms. The highest BCUT2D eigenvalue weighted by molar-refractivity contribution is 5.82. The summed E-state index contributed by atoms with van der Waals surface area (Å²) in [5.74, 6) is 0.476. The topological polar surface area (TPSA) is 70.1 Å². The van der Waals surface area contributed by atoms with Gasteiger partial charge in [-0.3, -0.25) is 10.2 Å². The lowest BCUT2D eigenvalue weighted by atomic mass is 10.3. The minimum Gasteiger partial charge on any atom is -0.313 e. The normalized spacial score (nSPS) is 13.3. The summed E-state index contributed by atoms with van der Waals surface area (Å²) < 4.78 is 0. The number of hydrogen-bond acceptors (Lipinski definition) is 4. The van der Waals surface area contributed by atoms with Crippen molar-refractivity contribution in [3.8, 4) is 0 Å². The molecule has 0 aromatic carbocycles. The molecule has 0 saturated carbocycles. The van der Waals surface area contributed by atoms with E-state index >= 15 is 0 Å². The van der Waals surface area contributed by atoms with Gasteiger partial charge >= 0.3 is 0 Å². The number of aromatic amines is 1. The van der Waals surface area contributed by atoms with Crippen molar-refractivity contribution < 1.29 is 0 Å². The molecule has 0 spiro atoms. The van der Waals surface area contributed by atoms with Gasteiger partial charge in [-0.25, -0.2) is 4.98 Å². The summed E-state index contributed by atoms with van der Waals surface area (Å²) in [4.78, 5) is 17.6. The van der Waals surface area contributed by atoms with Crippen molar-refractivity contribution in [2.45, 2.75) is 0 Å². The van der Waals surface area contributed by atoms with E-state index in [9.17, 15) is 4.79 Å². The van der Waals surface area contributed by atoms with Gasteiger partial charge in [0.1, 0.15) is 0 Å². The van der Waals surface area contributed by atoms with Crippen LogP contribution in [-0.2, 0) is 0 Å². The second kappa shape index (κ2) is 2.61. The van der Waals surface area contributed by atoms with Gasteiger partial charge in [0, 0.05) is 6.21 Å². The molecule has 1 aromatic rings. The van der Waals surface area contributed by atoms with Crippen LogP contribution in [0.3, 0.4) is 0 Å². The highest BCUT2D eigenvalue weighted by Crippen LogP contribution is 2.08. The van der Waals surface area contributed by atoms with Gasteiger partial charge in [0.15, 0.2) is 5.82 Å². The summed E-state index contributed by atoms with van der Waals surface area (Å²) >= 11 is 0. The van der Waals surface area contributed by atoms with Crippen LogP contribution < -0.4 is 11.0 Å². The number of H-pyrrole nitrogens is 1. The van der Waals surface area contributed by atoms with Gasteiger partial charge in [-0.1, -0.05) is 0 Å². The number of allylic oxidation sites excluding steroid dienone is 1. The van der Waals surface area contributed by atoms with Crippen molar-refractivity contribution >= 4 is 18.1 Å². The van der Waals surface area contributed by atoms with Gasteiger partial charge in [0.2, 0.25) is 0 Å². The summed E-state index contributed by atoms with van der Waals surface area (Å²) in [6.45, 7) is 0. The second-order valence-corrected chi connectivity index (χ2v) is 2.24. The van der Waals surface area contributed by atoms with E-state index in [-0.39, 0.29) is 5.56 Å². The summed E-state index contributed by atoms with van der Waals surface area (Å²) in [7, 11) is 0. The Hall–Kier alpha value is -1.91. The molecule has 2 heterocycles. The van der Waals surface area contributed by atoms with Crippen LogP contribution in [0.4, 0.5) is 5.82 Å². The van der Waals surface area contributed by atoms with Gasteiger partial charge < -0.3 is 4.98 Å². The molecule has 2 N–H and O–H groups in total. The predicted octanol–water partition coefficient (Wildman–Crippen LogP) is 0.194. The van der Waals surface area contributed by atoms with E-state index in [0.29, 0.717) is 11.4 Å². The van der Waals surface area contributed by atoms with E-state index in [1.54, 1.807) is 18.4 Å². The van der Waals surface area contributed by atoms with Crippen molar-refractivity contribution in [1.82, 2.24) is 9.97 Å². The Morgan fingerprint density at radius 2 is 2.33 bits per heavy atom. The van der Waals surface area contributed by atoms with Gasteiger partial charge in [-0.15, -0.1) is 0 Å². The summed E-state index contributed by atoms with van der Waals surface area (Å²) in [5, 5.41) is 3.78. The molecule has 2 rings (SSSR count). The van der Waals surface area contributed by atoms with E-state index in [0.717, 1.165) is 0 Å². The predicted molar refractivity (Wildman–Crippen MR) is 46.0 cm³/mol. The molecule has 1 aliphatic heterocycles. The number of aromatic nitrogens is 2. The van der Waals surface area contributed by atoms with Crippen LogP contribution in [0.15, 0.2) is 22.3 Å². The Balaban J connectivity index is 2.67. The first-order chi connectivity index (χ1) is 5.88. The lowest BCUT2D eigenvalue weighted by Crippen LogP contribution is -2.11. The monoisotopic (exact) mass is 162 g/mol. The van der Waals surface area contributed by atoms with Crippen molar-refractivity contribution in [1.29, 1.82) is 0 Å². The molecule has 0 radical (unpaired) electrons. The Morgan fingerprint density at radius 3 is 3.25 bits per heavy atom. The summed E-state index contributed by atoms with van der Waals surface area (Å²) in [6, 6.07) is 0. The highest BCUT2D eigenvalue weighted by Gasteiger charge is 2.04. The van der Waals surface area contributed by atoms with Crippen LogP contribution >= 0.6 is 0 Å². The molecule has 12 heavy (non-hydrogen) atoms. The van der Waals surface area contributed by atoms with Crippen molar-refractivity contribution in [2.75, 3.05) is 5.43 Å². The zero-order valence-electron chi connectivity index (χ0n) is 6.11. The zero-order valence-corrected chi connectivity index (χ0v) is 6.11. The molecule has 0 saturated heterocycles. The standard InChI is InChI=1S/C7H6N4O/c12-7-5-2-1-3-10-11-6(5)8-4-9-7/h1-4H,(H2,8,9,11,12). The van der Waals surface area contributed by atoms with Crippen molar-refractivity contribution in [2.24, 2.45) is 5.10 Å². The molecule has 5 nitrogen and oxygen atoms in total. The van der Waals surface area contributed by atoms with E-state index in [1.165, 1.54) is 6.33 Å². The number of hydrogen-bond donors (Lipinski definition) is 2. The molecule has 60 valence electrons. The maximum absolute atomic E-state index is 11.2. The average Bonchev–Trinajstić information content (AvgIpc) is 2.30. The van der Waals surface area contributed by atoms with Gasteiger partial charge in [-0.05, 0) is 12.2 Å². The van der Waals surface area contributed by atoms with Gasteiger partial charge in [0.05, 0.1) is 11.9 Å². The van der Waals surface area contributed by atoms with Crippen LogP contribution in [0.5, 0.6) is 0 Å². The third kappa shape index (κ3) is 1.01. The van der Waals surface area contributed by atoms with Gasteiger partial charge in [0.25, 0.3) is 5.56 Å². The minimum atomic E-state index is -0.172. The molecule has 1 aromatic heterocycles. The molecule has 0 atom stereocenters. The third-order valence-electron chi connectivity index (χ3n) is 1.48. The first-order valence-corrected chi connectivity index (χ1v) is 3.41. The molecule has 1 aliphatic rings. The molecule has 0 aliphatic carbocycles. The molecule has 0 amide bonds. The average molecular weight is 162 g/mol. The van der Waals surface area contributed by atoms with Crippen LogP contribution in [0.2, 0.25) is 0 Å². The zero-order chi connectivity index (χ0) is 8.39. The SMILES string of the molecule is O=c1[nH]cnc2c1C=CC=NN2. The fourth-order valence-corrected chi connectivity index (χ4v) is 0.935. The number of rotatable bonds is 0. The maximum Gasteiger partial charge on any atom is 0.260 e. The molecule has 0 unspecified atom stereocenters. The highest BCUT2D eigenvalue weighted by atomic mass is 16.1. The number of nitrogens with one attached hydrogen (secondary N) is 2. The van der Waals surface area contributed by atoms with Crippen molar-refractivity contribution in [3.63, 3.8) is 0 Å². The van der Waals surface area contributed by atoms with Crippen LogP contribution in [0, 0.1) is 0 Å². The number of nitrogens with zero attached hydrogens (tertiary/aromatic N) is 2. The smallest absolute Gasteiger partial charge is 0.260 e. The third-order valence-corrected chi connectivity index (χ3v) is 1.48. The lowest BCUT2D eigenvalue weighted by Gasteiger charge is -1.98. The van der Waals surface area contributed by atoms with E-state index < -0.39 is 0 Å². The fourth-order valence-electron chi connectivity index (χ4n) is 0.935. The number of hydrazone groups is 1. The van der Waals surface area contributed by atoms with Crippen LogP contribution in [0.1, 0.15) is 5.56 Å². The van der Waals surface area contributed by atoms with Crippen molar-refractivity contribution in [3.05, 3.63) is 28.3 Å². The largest absolute Gasteiger partial charge is 0.313 e. The molecular formula is C7H6N4O. The first kappa shape index (κ1) is 6.78. The Morgan fingerprint density at radius 1 is 1.42 bits per heavy atom. The second-order valence-electron chi connectivity index (χ2n) is 2.24. The van der Waals surface area contributed by atoms with Crippen LogP contribution in [0.25, 0.3) is 6.08 Å². The van der Waals surface area contributed by atoms with E-state index in [4.69, 9.17) is 0 Å². The van der Waals surface area contributed by atoms with E-state index in [1.807, 2.05) is 0 Å². The number of anilines is 1. The first-order valence-electron chi connectivity index (χ1n) is 3.41. The Kier molecular flexibility index (Phi) is 1.48. The Labute approximate surface area is 67.8 Å². The lowest BCUT2D eigenvalue weighted by molar-refractivity contribution is 1.09. The summed E-state index contributed by atoms with van der Waals surface area (Å²) in [5.41, 5.74) is 2.97. The minimum absolute atomic E-state index is 0.172. The Bertz CT molecular complexity index is 404. The molecule has 0 fully saturated rings. The fraction of sp³-hybridized carbons (Fsp3) is 0. The number of fused-ring (bicyclic) bond motifs is 1. The quantitative estimate of drug-likeness (QED) is 0.572. The maximum atomic E-state index is 11.2. The van der Waals surface area contributed by atoms with Gasteiger partial charge in [-0.2, -0.15) is 5.10 Å². The molecule has 5 heteroatoms. The van der Waals surface area contributed by atoms with Crippen LogP contribution in [-0.4, -0.2) is 16.2 Å². The summed E-state index contributed by atoms with van der Waals surface area (Å²) in [6.07, 6.45) is 6.23.